The van der Waals surface area contributed by atoms with Gasteiger partial charge in [0.05, 0.1) is 6.04 Å². The molecular formula is C15H27ClN2O3. The quantitative estimate of drug-likeness (QED) is 0.752. The zero-order valence-corrected chi connectivity index (χ0v) is 14.4. The Labute approximate surface area is 132 Å². The van der Waals surface area contributed by atoms with Crippen LogP contribution in [-0.2, 0) is 9.53 Å². The van der Waals surface area contributed by atoms with Crippen LogP contribution in [0.4, 0.5) is 4.79 Å². The average molecular weight is 319 g/mol. The molecule has 1 fully saturated rings. The van der Waals surface area contributed by atoms with E-state index in [4.69, 9.17) is 16.3 Å². The lowest BCUT2D eigenvalue weighted by Gasteiger charge is -2.41. The molecule has 1 heterocycles. The molecule has 0 aromatic rings. The Balaban J connectivity index is 2.80. The minimum absolute atomic E-state index is 0.0131. The number of amides is 2. The lowest BCUT2D eigenvalue weighted by atomic mass is 10.0. The van der Waals surface area contributed by atoms with Crippen molar-refractivity contribution in [1.29, 1.82) is 0 Å². The number of carbonyl (C=O) groups is 2. The zero-order valence-electron chi connectivity index (χ0n) is 13.7. The van der Waals surface area contributed by atoms with E-state index < -0.39 is 5.60 Å². The SMILES string of the molecule is CC(C)N(C(=O)OC(C)(C)C)[C@@H]1CCCN(C(=O)CCl)C1. The molecule has 0 radical (unpaired) electrons. The third-order valence-electron chi connectivity index (χ3n) is 3.42. The molecule has 0 N–H and O–H groups in total. The maximum absolute atomic E-state index is 12.4. The van der Waals surface area contributed by atoms with Gasteiger partial charge in [-0.15, -0.1) is 11.6 Å². The molecule has 5 nitrogen and oxygen atoms in total. The van der Waals surface area contributed by atoms with Crippen molar-refractivity contribution < 1.29 is 14.3 Å². The summed E-state index contributed by atoms with van der Waals surface area (Å²) in [5, 5.41) is 0. The predicted octanol–water partition coefficient (Wildman–Crippen LogP) is 2.86. The molecule has 0 unspecified atom stereocenters. The largest absolute Gasteiger partial charge is 0.444 e. The van der Waals surface area contributed by atoms with Crippen LogP contribution in [0.1, 0.15) is 47.5 Å². The highest BCUT2D eigenvalue weighted by Crippen LogP contribution is 2.21. The number of carbonyl (C=O) groups excluding carboxylic acids is 2. The van der Waals surface area contributed by atoms with Gasteiger partial charge in [0.25, 0.3) is 0 Å². The van der Waals surface area contributed by atoms with Gasteiger partial charge in [-0.05, 0) is 47.5 Å². The van der Waals surface area contributed by atoms with Gasteiger partial charge in [-0.3, -0.25) is 4.79 Å². The van der Waals surface area contributed by atoms with Gasteiger partial charge in [0.1, 0.15) is 11.5 Å². The number of nitrogens with zero attached hydrogens (tertiary/aromatic N) is 2. The van der Waals surface area contributed by atoms with Gasteiger partial charge < -0.3 is 14.5 Å². The summed E-state index contributed by atoms with van der Waals surface area (Å²) >= 11 is 5.63. The molecule has 0 bridgehead atoms. The second-order valence-corrected chi connectivity index (χ2v) is 7.02. The summed E-state index contributed by atoms with van der Waals surface area (Å²) < 4.78 is 5.49. The van der Waals surface area contributed by atoms with Gasteiger partial charge in [0.15, 0.2) is 0 Å². The maximum Gasteiger partial charge on any atom is 0.410 e. The van der Waals surface area contributed by atoms with E-state index in [1.165, 1.54) is 0 Å². The van der Waals surface area contributed by atoms with Crippen molar-refractivity contribution in [2.75, 3.05) is 19.0 Å². The second kappa shape index (κ2) is 7.34. The lowest BCUT2D eigenvalue weighted by Crippen LogP contribution is -2.55. The molecule has 0 aliphatic carbocycles. The first kappa shape index (κ1) is 18.1. The number of alkyl halides is 1. The third kappa shape index (κ3) is 5.38. The van der Waals surface area contributed by atoms with Crippen molar-refractivity contribution in [1.82, 2.24) is 9.80 Å². The molecular weight excluding hydrogens is 292 g/mol. The third-order valence-corrected chi connectivity index (χ3v) is 3.65. The van der Waals surface area contributed by atoms with Crippen LogP contribution < -0.4 is 0 Å². The van der Waals surface area contributed by atoms with Gasteiger partial charge in [0.2, 0.25) is 5.91 Å². The molecule has 0 aromatic carbocycles. The van der Waals surface area contributed by atoms with E-state index in [0.717, 1.165) is 12.8 Å². The van der Waals surface area contributed by atoms with Crippen molar-refractivity contribution >= 4 is 23.6 Å². The lowest BCUT2D eigenvalue weighted by molar-refractivity contribution is -0.130. The van der Waals surface area contributed by atoms with Crippen LogP contribution in [0.5, 0.6) is 0 Å². The Hall–Kier alpha value is -0.970. The van der Waals surface area contributed by atoms with Crippen LogP contribution in [0.15, 0.2) is 0 Å². The zero-order chi connectivity index (χ0) is 16.2. The monoisotopic (exact) mass is 318 g/mol. The van der Waals surface area contributed by atoms with Crippen LogP contribution in [0.2, 0.25) is 0 Å². The summed E-state index contributed by atoms with van der Waals surface area (Å²) in [4.78, 5) is 27.7. The van der Waals surface area contributed by atoms with E-state index in [1.807, 2.05) is 34.6 Å². The van der Waals surface area contributed by atoms with E-state index in [9.17, 15) is 9.59 Å². The van der Waals surface area contributed by atoms with Gasteiger partial charge >= 0.3 is 6.09 Å². The molecule has 1 atom stereocenters. The summed E-state index contributed by atoms with van der Waals surface area (Å²) in [6.45, 7) is 10.7. The number of ether oxygens (including phenoxy) is 1. The summed E-state index contributed by atoms with van der Waals surface area (Å²) in [7, 11) is 0. The van der Waals surface area contributed by atoms with E-state index in [2.05, 4.69) is 0 Å². The molecule has 0 aromatic heterocycles. The molecule has 0 spiro atoms. The summed E-state index contributed by atoms with van der Waals surface area (Å²) in [5.74, 6) is -0.0878. The Morgan fingerprint density at radius 1 is 1.38 bits per heavy atom. The normalized spacial score (nSPS) is 19.6. The smallest absolute Gasteiger partial charge is 0.410 e. The molecule has 1 saturated heterocycles. The van der Waals surface area contributed by atoms with Crippen molar-refractivity contribution in [3.8, 4) is 0 Å². The standard InChI is InChI=1S/C15H27ClN2O3/c1-11(2)18(14(20)21-15(3,4)5)12-7-6-8-17(10-12)13(19)9-16/h11-12H,6-10H2,1-5H3/t12-/m1/s1. The van der Waals surface area contributed by atoms with E-state index >= 15 is 0 Å². The van der Waals surface area contributed by atoms with Crippen LogP contribution in [0, 0.1) is 0 Å². The van der Waals surface area contributed by atoms with Crippen molar-refractivity contribution in [3.63, 3.8) is 0 Å². The van der Waals surface area contributed by atoms with Crippen LogP contribution in [-0.4, -0.2) is 58.5 Å². The van der Waals surface area contributed by atoms with Gasteiger partial charge in [0, 0.05) is 19.1 Å². The number of piperidine rings is 1. The topological polar surface area (TPSA) is 49.9 Å². The highest BCUT2D eigenvalue weighted by atomic mass is 35.5. The van der Waals surface area contributed by atoms with Crippen LogP contribution >= 0.6 is 11.6 Å². The Kier molecular flexibility index (Phi) is 6.32. The summed E-state index contributed by atoms with van der Waals surface area (Å²) in [5.41, 5.74) is -0.523. The summed E-state index contributed by atoms with van der Waals surface area (Å²) in [6.07, 6.45) is 1.44. The average Bonchev–Trinajstić information content (AvgIpc) is 2.35. The van der Waals surface area contributed by atoms with E-state index in [-0.39, 0.29) is 30.0 Å². The molecule has 1 rings (SSSR count). The predicted molar refractivity (Wildman–Crippen MR) is 83.5 cm³/mol. The van der Waals surface area contributed by atoms with Crippen molar-refractivity contribution in [2.24, 2.45) is 0 Å². The first-order valence-electron chi connectivity index (χ1n) is 7.50. The van der Waals surface area contributed by atoms with E-state index in [1.54, 1.807) is 9.80 Å². The molecule has 21 heavy (non-hydrogen) atoms. The molecule has 6 heteroatoms. The number of hydrogen-bond donors (Lipinski definition) is 0. The van der Waals surface area contributed by atoms with Gasteiger partial charge in [-0.2, -0.15) is 0 Å². The highest BCUT2D eigenvalue weighted by Gasteiger charge is 2.34. The Bertz CT molecular complexity index is 380. The Morgan fingerprint density at radius 2 is 2.00 bits per heavy atom. The first-order chi connectivity index (χ1) is 9.65. The molecule has 0 saturated carbocycles. The first-order valence-corrected chi connectivity index (χ1v) is 8.04. The fourth-order valence-electron chi connectivity index (χ4n) is 2.59. The number of hydrogen-bond acceptors (Lipinski definition) is 3. The van der Waals surface area contributed by atoms with Crippen LogP contribution in [0.25, 0.3) is 0 Å². The number of likely N-dealkylation sites (tertiary alicyclic amines) is 1. The van der Waals surface area contributed by atoms with Gasteiger partial charge in [-0.1, -0.05) is 0 Å². The van der Waals surface area contributed by atoms with Gasteiger partial charge in [-0.25, -0.2) is 4.79 Å². The molecule has 1 aliphatic rings. The Morgan fingerprint density at radius 3 is 2.48 bits per heavy atom. The highest BCUT2D eigenvalue weighted by molar-refractivity contribution is 6.27. The fourth-order valence-corrected chi connectivity index (χ4v) is 2.76. The minimum Gasteiger partial charge on any atom is -0.444 e. The second-order valence-electron chi connectivity index (χ2n) is 6.75. The molecule has 1 aliphatic heterocycles. The van der Waals surface area contributed by atoms with Crippen LogP contribution in [0.3, 0.4) is 0 Å². The fraction of sp³-hybridized carbons (Fsp3) is 0.867. The number of halogens is 1. The minimum atomic E-state index is -0.523. The number of rotatable bonds is 3. The van der Waals surface area contributed by atoms with E-state index in [0.29, 0.717) is 13.1 Å². The van der Waals surface area contributed by atoms with Crippen molar-refractivity contribution in [3.05, 3.63) is 0 Å². The summed E-state index contributed by atoms with van der Waals surface area (Å²) in [6, 6.07) is 0.0108. The molecule has 2 amide bonds. The van der Waals surface area contributed by atoms with Crippen molar-refractivity contribution in [2.45, 2.75) is 65.1 Å². The molecule has 122 valence electrons. The maximum atomic E-state index is 12.4.